The van der Waals surface area contributed by atoms with Gasteiger partial charge in [-0.1, -0.05) is 136 Å². The predicted molar refractivity (Wildman–Crippen MR) is 149 cm³/mol. The molecule has 0 heterocycles. The number of carboxylic acid groups (broad SMARTS) is 1. The van der Waals surface area contributed by atoms with Gasteiger partial charge in [-0.25, -0.2) is 9.59 Å². The summed E-state index contributed by atoms with van der Waals surface area (Å²) >= 11 is 0. The van der Waals surface area contributed by atoms with E-state index in [2.05, 4.69) is 27.7 Å². The Hall–Kier alpha value is -1.84. The molecule has 1 N–H and O–H groups in total. The van der Waals surface area contributed by atoms with Crippen LogP contribution in [0, 0.1) is 0 Å². The third kappa shape index (κ3) is 17.3. The van der Waals surface area contributed by atoms with E-state index in [1.165, 1.54) is 83.1 Å². The van der Waals surface area contributed by atoms with Gasteiger partial charge in [0.2, 0.25) is 0 Å². The van der Waals surface area contributed by atoms with Crippen molar-refractivity contribution in [3.63, 3.8) is 0 Å². The van der Waals surface area contributed by atoms with Crippen LogP contribution >= 0.6 is 0 Å². The quantitative estimate of drug-likeness (QED) is 0.146. The molecule has 0 atom stereocenters. The molecule has 0 saturated heterocycles. The lowest BCUT2D eigenvalue weighted by Gasteiger charge is -2.12. The van der Waals surface area contributed by atoms with Gasteiger partial charge < -0.3 is 9.84 Å². The minimum Gasteiger partial charge on any atom is -0.478 e. The van der Waals surface area contributed by atoms with Crippen LogP contribution in [0.3, 0.4) is 0 Å². The lowest BCUT2D eigenvalue weighted by Crippen LogP contribution is -2.15. The smallest absolute Gasteiger partial charge is 0.339 e. The van der Waals surface area contributed by atoms with Crippen LogP contribution < -0.4 is 0 Å². The van der Waals surface area contributed by atoms with Crippen LogP contribution in [0.4, 0.5) is 0 Å². The van der Waals surface area contributed by atoms with Gasteiger partial charge in [0.1, 0.15) is 0 Å². The second-order valence-electron chi connectivity index (χ2n) is 9.63. The molecule has 202 valence electrons. The predicted octanol–water partition coefficient (Wildman–Crippen LogP) is 9.78. The van der Waals surface area contributed by atoms with E-state index in [1.54, 1.807) is 6.07 Å². The molecule has 1 aromatic carbocycles. The van der Waals surface area contributed by atoms with Gasteiger partial charge in [0, 0.05) is 0 Å². The van der Waals surface area contributed by atoms with Crippen molar-refractivity contribution < 1.29 is 19.4 Å². The van der Waals surface area contributed by atoms with Crippen LogP contribution in [0.1, 0.15) is 163 Å². The van der Waals surface area contributed by atoms with E-state index in [0.717, 1.165) is 37.7 Å². The normalized spacial score (nSPS) is 10.5. The Labute approximate surface area is 216 Å². The largest absolute Gasteiger partial charge is 0.478 e. The molecular formula is C31H54O4. The van der Waals surface area contributed by atoms with Crippen molar-refractivity contribution >= 4 is 11.9 Å². The van der Waals surface area contributed by atoms with Crippen molar-refractivity contribution in [2.24, 2.45) is 0 Å². The van der Waals surface area contributed by atoms with E-state index < -0.39 is 11.9 Å². The van der Waals surface area contributed by atoms with Crippen molar-refractivity contribution in [3.8, 4) is 0 Å². The van der Waals surface area contributed by atoms with E-state index in [-0.39, 0.29) is 11.1 Å². The van der Waals surface area contributed by atoms with E-state index in [4.69, 9.17) is 4.74 Å². The zero-order valence-electron chi connectivity index (χ0n) is 23.3. The number of rotatable bonds is 20. The molecule has 0 spiro atoms. The Morgan fingerprint density at radius 1 is 0.657 bits per heavy atom. The summed E-state index contributed by atoms with van der Waals surface area (Å²) in [5.41, 5.74) is 1.09. The highest BCUT2D eigenvalue weighted by Crippen LogP contribution is 2.20. The molecule has 0 amide bonds. The van der Waals surface area contributed by atoms with Gasteiger partial charge in [-0.2, -0.15) is 0 Å². The van der Waals surface area contributed by atoms with Gasteiger partial charge in [0.25, 0.3) is 0 Å². The van der Waals surface area contributed by atoms with E-state index >= 15 is 0 Å². The Balaban J connectivity index is 0.00000143. The van der Waals surface area contributed by atoms with Crippen LogP contribution in [-0.4, -0.2) is 23.7 Å². The standard InChI is InChI=1S/C24H38O4.C7H16/c1-3-5-7-9-11-13-16-20-17-15-18-21(23(25)26)22(20)24(27)28-19-14-12-10-8-6-4-2;1-3-5-7-6-4-2/h15,17-18H,3-14,16,19H2,1-2H3,(H,25,26);3-7H2,1-2H3. The average molecular weight is 491 g/mol. The maximum atomic E-state index is 12.6. The number of hydrogen-bond acceptors (Lipinski definition) is 3. The topological polar surface area (TPSA) is 63.6 Å². The number of aromatic carboxylic acids is 1. The van der Waals surface area contributed by atoms with Gasteiger partial charge in [0.15, 0.2) is 0 Å². The van der Waals surface area contributed by atoms with Crippen molar-refractivity contribution in [3.05, 3.63) is 34.9 Å². The molecule has 0 aliphatic heterocycles. The first-order valence-electron chi connectivity index (χ1n) is 14.6. The highest BCUT2D eigenvalue weighted by atomic mass is 16.5. The first-order chi connectivity index (χ1) is 17.0. The summed E-state index contributed by atoms with van der Waals surface area (Å²) in [4.78, 5) is 24.2. The fourth-order valence-corrected chi connectivity index (χ4v) is 4.12. The van der Waals surface area contributed by atoms with Gasteiger partial charge in [-0.15, -0.1) is 0 Å². The molecule has 0 fully saturated rings. The fraction of sp³-hybridized carbons (Fsp3) is 0.742. The summed E-state index contributed by atoms with van der Waals surface area (Å²) < 4.78 is 5.42. The number of carbonyl (C=O) groups is 2. The minimum atomic E-state index is -1.07. The zero-order valence-corrected chi connectivity index (χ0v) is 23.3. The molecule has 4 nitrogen and oxygen atoms in total. The van der Waals surface area contributed by atoms with Crippen LogP contribution in [0.15, 0.2) is 18.2 Å². The maximum absolute atomic E-state index is 12.6. The van der Waals surface area contributed by atoms with Crippen molar-refractivity contribution in [1.29, 1.82) is 0 Å². The molecule has 0 radical (unpaired) electrons. The zero-order chi connectivity index (χ0) is 26.2. The van der Waals surface area contributed by atoms with Crippen LogP contribution in [0.25, 0.3) is 0 Å². The van der Waals surface area contributed by atoms with Crippen molar-refractivity contribution in [1.82, 2.24) is 0 Å². The number of esters is 1. The number of ether oxygens (including phenoxy) is 1. The number of aryl methyl sites for hydroxylation is 1. The number of carbonyl (C=O) groups excluding carboxylic acids is 1. The summed E-state index contributed by atoms with van der Waals surface area (Å²) in [6.07, 6.45) is 21.4. The van der Waals surface area contributed by atoms with Gasteiger partial charge in [-0.05, 0) is 30.9 Å². The van der Waals surface area contributed by atoms with E-state index in [0.29, 0.717) is 13.0 Å². The number of hydrogen-bond donors (Lipinski definition) is 1. The van der Waals surface area contributed by atoms with Crippen LogP contribution in [0.2, 0.25) is 0 Å². The summed E-state index contributed by atoms with van der Waals surface area (Å²) in [7, 11) is 0. The first kappa shape index (κ1) is 33.2. The lowest BCUT2D eigenvalue weighted by molar-refractivity contribution is 0.0486. The minimum absolute atomic E-state index is 0.0522. The van der Waals surface area contributed by atoms with E-state index in [9.17, 15) is 14.7 Å². The molecule has 1 aromatic rings. The number of carboxylic acids is 1. The summed E-state index contributed by atoms with van der Waals surface area (Å²) in [5.74, 6) is -1.57. The third-order valence-corrected chi connectivity index (χ3v) is 6.32. The SMILES string of the molecule is CCCCCCC.CCCCCCCCOC(=O)c1c(CCCCCCCC)cccc1C(=O)O. The van der Waals surface area contributed by atoms with Gasteiger partial charge in [-0.3, -0.25) is 0 Å². The lowest BCUT2D eigenvalue weighted by atomic mass is 9.96. The molecule has 0 aliphatic carbocycles. The molecule has 0 bridgehead atoms. The molecule has 0 unspecified atom stereocenters. The van der Waals surface area contributed by atoms with Gasteiger partial charge in [0.05, 0.1) is 17.7 Å². The molecule has 1 rings (SSSR count). The van der Waals surface area contributed by atoms with Crippen LogP contribution in [0.5, 0.6) is 0 Å². The molecule has 0 aliphatic rings. The molecular weight excluding hydrogens is 436 g/mol. The molecule has 0 aromatic heterocycles. The Morgan fingerprint density at radius 3 is 1.63 bits per heavy atom. The summed E-state index contributed by atoms with van der Waals surface area (Å²) in [6.45, 7) is 9.23. The Morgan fingerprint density at radius 2 is 1.11 bits per heavy atom. The monoisotopic (exact) mass is 490 g/mol. The molecule has 35 heavy (non-hydrogen) atoms. The maximum Gasteiger partial charge on any atom is 0.339 e. The Bertz CT molecular complexity index is 649. The third-order valence-electron chi connectivity index (χ3n) is 6.32. The average Bonchev–Trinajstić information content (AvgIpc) is 2.86. The second-order valence-corrected chi connectivity index (χ2v) is 9.63. The highest BCUT2D eigenvalue weighted by molar-refractivity contribution is 6.03. The van der Waals surface area contributed by atoms with Gasteiger partial charge >= 0.3 is 11.9 Å². The summed E-state index contributed by atoms with van der Waals surface area (Å²) in [5, 5.41) is 9.49. The second kappa shape index (κ2) is 23.9. The van der Waals surface area contributed by atoms with Crippen molar-refractivity contribution in [2.45, 2.75) is 143 Å². The van der Waals surface area contributed by atoms with Crippen LogP contribution in [-0.2, 0) is 11.2 Å². The Kier molecular flexibility index (Phi) is 22.6. The fourth-order valence-electron chi connectivity index (χ4n) is 4.12. The highest BCUT2D eigenvalue weighted by Gasteiger charge is 2.21. The molecule has 0 saturated carbocycles. The van der Waals surface area contributed by atoms with E-state index in [1.807, 2.05) is 6.07 Å². The van der Waals surface area contributed by atoms with Crippen molar-refractivity contribution in [2.75, 3.05) is 6.61 Å². The number of unbranched alkanes of at least 4 members (excludes halogenated alkanes) is 14. The first-order valence-corrected chi connectivity index (χ1v) is 14.6. The molecule has 4 heteroatoms. The summed E-state index contributed by atoms with van der Waals surface area (Å²) in [6, 6.07) is 5.08. The number of benzene rings is 1.